The molecule has 0 aliphatic rings. The molecule has 1 rings (SSSR count). The molecule has 1 N–H and O–H groups in total. The van der Waals surface area contributed by atoms with Crippen LogP contribution in [0.5, 0.6) is 5.88 Å². The molecule has 0 fully saturated rings. The predicted octanol–water partition coefficient (Wildman–Crippen LogP) is 0.0463. The molecule has 0 amide bonds. The van der Waals surface area contributed by atoms with Crippen molar-refractivity contribution in [2.45, 2.75) is 26.3 Å². The molecule has 0 aromatic carbocycles. The molecule has 0 bridgehead atoms. The normalized spacial score (nSPS) is 10.0. The van der Waals surface area contributed by atoms with Gasteiger partial charge in [0.25, 0.3) is 5.56 Å². The molecule has 0 spiro atoms. The Balaban J connectivity index is 3.58. The molecule has 0 saturated heterocycles. The number of nitriles is 1. The quantitative estimate of drug-likeness (QED) is 0.779. The van der Waals surface area contributed by atoms with Crippen LogP contribution in [0.25, 0.3) is 13.2 Å². The van der Waals surface area contributed by atoms with Crippen molar-refractivity contribution in [3.8, 4) is 11.9 Å². The Morgan fingerprint density at radius 2 is 2.06 bits per heavy atom. The minimum Gasteiger partial charge on any atom is -0.493 e. The Hall–Kier alpha value is -2.02. The Labute approximate surface area is 93.4 Å². The molecular formula is C12H14N2O2. The first-order chi connectivity index (χ1) is 7.54. The second-order valence-corrected chi connectivity index (χ2v) is 3.58. The number of unbranched alkanes of at least 4 members (excludes halogenated alkanes) is 1. The van der Waals surface area contributed by atoms with Gasteiger partial charge in [-0.2, -0.15) is 5.26 Å². The standard InChI is InChI=1S/C12H14N2O2/c1-4-5-6-14-11(15)9(3)8(2)10(7-13)12(14)16/h16H,2-6H2,1H3. The molecule has 0 aliphatic carbocycles. The van der Waals surface area contributed by atoms with Gasteiger partial charge >= 0.3 is 0 Å². The van der Waals surface area contributed by atoms with Crippen LogP contribution in [0.15, 0.2) is 4.79 Å². The number of hydrogen-bond acceptors (Lipinski definition) is 3. The van der Waals surface area contributed by atoms with Gasteiger partial charge in [-0.1, -0.05) is 26.5 Å². The first-order valence-corrected chi connectivity index (χ1v) is 5.08. The van der Waals surface area contributed by atoms with E-state index in [4.69, 9.17) is 5.26 Å². The fraction of sp³-hybridized carbons (Fsp3) is 0.333. The third-order valence-corrected chi connectivity index (χ3v) is 2.50. The van der Waals surface area contributed by atoms with Crippen molar-refractivity contribution in [1.29, 1.82) is 5.26 Å². The molecular weight excluding hydrogens is 204 g/mol. The summed E-state index contributed by atoms with van der Waals surface area (Å²) in [5.41, 5.74) is -0.351. The van der Waals surface area contributed by atoms with Crippen LogP contribution in [0.3, 0.4) is 0 Å². The molecule has 4 heteroatoms. The molecule has 0 radical (unpaired) electrons. The maximum atomic E-state index is 11.8. The third-order valence-electron chi connectivity index (χ3n) is 2.50. The molecule has 0 saturated carbocycles. The van der Waals surface area contributed by atoms with Crippen LogP contribution < -0.4 is 16.0 Å². The summed E-state index contributed by atoms with van der Waals surface area (Å²) in [7, 11) is 0. The van der Waals surface area contributed by atoms with E-state index >= 15 is 0 Å². The topological polar surface area (TPSA) is 66.0 Å². The Bertz CT molecular complexity index is 593. The lowest BCUT2D eigenvalue weighted by atomic mass is 10.2. The Kier molecular flexibility index (Phi) is 3.51. The van der Waals surface area contributed by atoms with Crippen molar-refractivity contribution < 1.29 is 5.11 Å². The molecule has 16 heavy (non-hydrogen) atoms. The van der Waals surface area contributed by atoms with Gasteiger partial charge in [-0.05, 0) is 6.42 Å². The molecule has 0 aliphatic heterocycles. The van der Waals surface area contributed by atoms with E-state index < -0.39 is 0 Å². The number of hydrogen-bond donors (Lipinski definition) is 1. The molecule has 1 aromatic heterocycles. The Morgan fingerprint density at radius 1 is 1.44 bits per heavy atom. The highest BCUT2D eigenvalue weighted by atomic mass is 16.3. The zero-order chi connectivity index (χ0) is 12.3. The first-order valence-electron chi connectivity index (χ1n) is 5.08. The van der Waals surface area contributed by atoms with Gasteiger partial charge < -0.3 is 5.11 Å². The van der Waals surface area contributed by atoms with Crippen LogP contribution in [-0.2, 0) is 6.54 Å². The van der Waals surface area contributed by atoms with E-state index in [9.17, 15) is 9.90 Å². The second kappa shape index (κ2) is 4.67. The summed E-state index contributed by atoms with van der Waals surface area (Å²) in [5.74, 6) is -0.307. The lowest BCUT2D eigenvalue weighted by molar-refractivity contribution is 0.398. The van der Waals surface area contributed by atoms with Crippen LogP contribution >= 0.6 is 0 Å². The number of rotatable bonds is 3. The van der Waals surface area contributed by atoms with Crippen LogP contribution in [0.1, 0.15) is 25.3 Å². The van der Waals surface area contributed by atoms with Gasteiger partial charge in [0.05, 0.1) is 0 Å². The second-order valence-electron chi connectivity index (χ2n) is 3.58. The van der Waals surface area contributed by atoms with Gasteiger partial charge in [0.1, 0.15) is 11.6 Å². The highest BCUT2D eigenvalue weighted by Gasteiger charge is 2.11. The molecule has 84 valence electrons. The van der Waals surface area contributed by atoms with Crippen LogP contribution in [0, 0.1) is 11.3 Å². The van der Waals surface area contributed by atoms with E-state index in [0.29, 0.717) is 6.54 Å². The van der Waals surface area contributed by atoms with Gasteiger partial charge in [-0.15, -0.1) is 0 Å². The highest BCUT2D eigenvalue weighted by Crippen LogP contribution is 2.08. The van der Waals surface area contributed by atoms with E-state index in [0.717, 1.165) is 12.8 Å². The highest BCUT2D eigenvalue weighted by molar-refractivity contribution is 5.41. The van der Waals surface area contributed by atoms with Gasteiger partial charge in [0.2, 0.25) is 5.88 Å². The number of nitrogens with zero attached hydrogens (tertiary/aromatic N) is 2. The average Bonchev–Trinajstić information content (AvgIpc) is 2.27. The minimum absolute atomic E-state index is 0.0284. The van der Waals surface area contributed by atoms with Crippen LogP contribution in [0.2, 0.25) is 0 Å². The van der Waals surface area contributed by atoms with E-state index in [1.54, 1.807) is 0 Å². The molecule has 1 aromatic rings. The number of pyridine rings is 1. The zero-order valence-corrected chi connectivity index (χ0v) is 9.29. The summed E-state index contributed by atoms with van der Waals surface area (Å²) in [6.07, 6.45) is 1.65. The lowest BCUT2D eigenvalue weighted by Crippen LogP contribution is -2.44. The van der Waals surface area contributed by atoms with Gasteiger partial charge in [0.15, 0.2) is 0 Å². The lowest BCUT2D eigenvalue weighted by Gasteiger charge is -2.09. The minimum atomic E-state index is -0.380. The SMILES string of the molecule is C=c1c(C#N)c(O)n(CCCC)c(=O)c1=C. The van der Waals surface area contributed by atoms with Crippen LogP contribution in [-0.4, -0.2) is 9.67 Å². The maximum Gasteiger partial charge on any atom is 0.260 e. The first kappa shape index (κ1) is 12.1. The number of aromatic nitrogens is 1. The zero-order valence-electron chi connectivity index (χ0n) is 9.29. The van der Waals surface area contributed by atoms with Gasteiger partial charge in [-0.3, -0.25) is 9.36 Å². The van der Waals surface area contributed by atoms with Crippen LogP contribution in [0.4, 0.5) is 0 Å². The average molecular weight is 218 g/mol. The fourth-order valence-electron chi connectivity index (χ4n) is 1.45. The maximum absolute atomic E-state index is 11.8. The fourth-order valence-corrected chi connectivity index (χ4v) is 1.45. The third kappa shape index (κ3) is 1.84. The van der Waals surface area contributed by atoms with E-state index in [1.165, 1.54) is 4.57 Å². The molecule has 0 unspecified atom stereocenters. The van der Waals surface area contributed by atoms with Gasteiger partial charge in [-0.25, -0.2) is 0 Å². The molecule has 0 atom stereocenters. The predicted molar refractivity (Wildman–Crippen MR) is 62.3 cm³/mol. The van der Waals surface area contributed by atoms with E-state index in [1.807, 2.05) is 13.0 Å². The van der Waals surface area contributed by atoms with Crippen molar-refractivity contribution in [1.82, 2.24) is 4.57 Å². The van der Waals surface area contributed by atoms with Crippen molar-refractivity contribution in [2.24, 2.45) is 0 Å². The van der Waals surface area contributed by atoms with Crippen molar-refractivity contribution >= 4 is 13.2 Å². The van der Waals surface area contributed by atoms with E-state index in [-0.39, 0.29) is 27.4 Å². The smallest absolute Gasteiger partial charge is 0.260 e. The Morgan fingerprint density at radius 3 is 2.56 bits per heavy atom. The monoisotopic (exact) mass is 218 g/mol. The summed E-state index contributed by atoms with van der Waals surface area (Å²) in [6.45, 7) is 9.52. The van der Waals surface area contributed by atoms with Crippen molar-refractivity contribution in [3.05, 3.63) is 26.4 Å². The van der Waals surface area contributed by atoms with E-state index in [2.05, 4.69) is 13.2 Å². The summed E-state index contributed by atoms with van der Waals surface area (Å²) >= 11 is 0. The molecule has 1 heterocycles. The summed E-state index contributed by atoms with van der Waals surface area (Å²) in [4.78, 5) is 11.8. The summed E-state index contributed by atoms with van der Waals surface area (Å²) in [6, 6.07) is 1.84. The summed E-state index contributed by atoms with van der Waals surface area (Å²) in [5, 5.41) is 19.0. The summed E-state index contributed by atoms with van der Waals surface area (Å²) < 4.78 is 1.18. The van der Waals surface area contributed by atoms with Crippen molar-refractivity contribution in [3.63, 3.8) is 0 Å². The number of aromatic hydroxyl groups is 1. The van der Waals surface area contributed by atoms with Crippen molar-refractivity contribution in [2.75, 3.05) is 0 Å². The molecule has 4 nitrogen and oxygen atoms in total. The largest absolute Gasteiger partial charge is 0.493 e. The van der Waals surface area contributed by atoms with Gasteiger partial charge in [0, 0.05) is 17.0 Å².